The highest BCUT2D eigenvalue weighted by atomic mass is 79.9. The summed E-state index contributed by atoms with van der Waals surface area (Å²) in [5.74, 6) is -0.214. The van der Waals surface area contributed by atoms with E-state index in [1.807, 2.05) is 11.0 Å². The van der Waals surface area contributed by atoms with Crippen LogP contribution in [0.3, 0.4) is 0 Å². The largest absolute Gasteiger partial charge is 0.316 e. The minimum absolute atomic E-state index is 0.214. The van der Waals surface area contributed by atoms with E-state index in [2.05, 4.69) is 26.1 Å². The van der Waals surface area contributed by atoms with Gasteiger partial charge in [0.2, 0.25) is 5.13 Å². The van der Waals surface area contributed by atoms with Gasteiger partial charge in [0.15, 0.2) is 3.92 Å². The van der Waals surface area contributed by atoms with Gasteiger partial charge >= 0.3 is 0 Å². The van der Waals surface area contributed by atoms with Crippen LogP contribution >= 0.6 is 27.3 Å². The number of anilines is 2. The second kappa shape index (κ2) is 3.78. The van der Waals surface area contributed by atoms with Crippen molar-refractivity contribution in [1.82, 2.24) is 10.2 Å². The molecule has 2 aromatic rings. The maximum Gasteiger partial charge on any atom is 0.213 e. The van der Waals surface area contributed by atoms with Crippen LogP contribution in [-0.4, -0.2) is 16.7 Å². The van der Waals surface area contributed by atoms with Crippen molar-refractivity contribution in [3.63, 3.8) is 0 Å². The number of benzene rings is 1. The van der Waals surface area contributed by atoms with Crippen molar-refractivity contribution in [2.75, 3.05) is 11.4 Å². The van der Waals surface area contributed by atoms with Gasteiger partial charge in [-0.1, -0.05) is 17.4 Å². The lowest BCUT2D eigenvalue weighted by atomic mass is 10.2. The van der Waals surface area contributed by atoms with E-state index in [1.54, 1.807) is 6.07 Å². The summed E-state index contributed by atoms with van der Waals surface area (Å²) in [6.45, 7) is 0.834. The fourth-order valence-corrected chi connectivity index (χ4v) is 2.99. The molecule has 3 rings (SSSR count). The zero-order chi connectivity index (χ0) is 11.1. The van der Waals surface area contributed by atoms with E-state index in [-0.39, 0.29) is 5.82 Å². The molecule has 2 heterocycles. The third-order valence-corrected chi connectivity index (χ3v) is 3.94. The molecule has 1 aliphatic heterocycles. The maximum absolute atomic E-state index is 13.2. The number of fused-ring (bicyclic) bond motifs is 1. The molecule has 0 spiro atoms. The van der Waals surface area contributed by atoms with Crippen LogP contribution in [-0.2, 0) is 6.42 Å². The average molecular weight is 300 g/mol. The van der Waals surface area contributed by atoms with Gasteiger partial charge in [-0.15, -0.1) is 10.2 Å². The molecule has 0 bridgehead atoms. The molecule has 82 valence electrons. The topological polar surface area (TPSA) is 29.0 Å². The van der Waals surface area contributed by atoms with Crippen molar-refractivity contribution in [2.45, 2.75) is 6.42 Å². The first kappa shape index (κ1) is 10.2. The first-order chi connectivity index (χ1) is 7.74. The Labute approximate surface area is 104 Å². The standard InChI is InChI=1S/C10H7BrFN3S/c11-9-13-14-10(16-9)15-4-3-6-1-2-7(12)5-8(6)15/h1-2,5H,3-4H2. The Balaban J connectivity index is 2.05. The van der Waals surface area contributed by atoms with Gasteiger partial charge in [-0.2, -0.15) is 0 Å². The normalized spacial score (nSPS) is 14.2. The molecule has 0 saturated carbocycles. The first-order valence-electron chi connectivity index (χ1n) is 4.79. The van der Waals surface area contributed by atoms with Crippen molar-refractivity contribution in [3.05, 3.63) is 33.5 Å². The highest BCUT2D eigenvalue weighted by Gasteiger charge is 2.23. The van der Waals surface area contributed by atoms with Crippen molar-refractivity contribution in [3.8, 4) is 0 Å². The van der Waals surface area contributed by atoms with E-state index >= 15 is 0 Å². The van der Waals surface area contributed by atoms with Gasteiger partial charge in [0, 0.05) is 12.2 Å². The van der Waals surface area contributed by atoms with Gasteiger partial charge in [-0.05, 0) is 40.0 Å². The highest BCUT2D eigenvalue weighted by molar-refractivity contribution is 9.11. The SMILES string of the molecule is Fc1ccc2c(c1)N(c1nnc(Br)s1)CC2. The number of halogens is 2. The van der Waals surface area contributed by atoms with Crippen LogP contribution in [0.15, 0.2) is 22.1 Å². The molecule has 0 amide bonds. The van der Waals surface area contributed by atoms with E-state index < -0.39 is 0 Å². The summed E-state index contributed by atoms with van der Waals surface area (Å²) < 4.78 is 13.9. The molecule has 1 aliphatic rings. The molecule has 0 N–H and O–H groups in total. The Morgan fingerprint density at radius 2 is 2.25 bits per heavy atom. The summed E-state index contributed by atoms with van der Waals surface area (Å²) in [6.07, 6.45) is 0.923. The van der Waals surface area contributed by atoms with Crippen LogP contribution in [0.4, 0.5) is 15.2 Å². The third kappa shape index (κ3) is 1.62. The Kier molecular flexibility index (Phi) is 2.40. The molecule has 3 nitrogen and oxygen atoms in total. The van der Waals surface area contributed by atoms with Gasteiger partial charge in [0.1, 0.15) is 5.82 Å². The Bertz CT molecular complexity index is 543. The van der Waals surface area contributed by atoms with E-state index in [0.29, 0.717) is 0 Å². The smallest absolute Gasteiger partial charge is 0.213 e. The summed E-state index contributed by atoms with van der Waals surface area (Å²) >= 11 is 4.73. The van der Waals surface area contributed by atoms with Crippen molar-refractivity contribution >= 4 is 38.1 Å². The van der Waals surface area contributed by atoms with E-state index in [4.69, 9.17) is 0 Å². The van der Waals surface area contributed by atoms with Crippen LogP contribution < -0.4 is 4.90 Å². The molecular weight excluding hydrogens is 293 g/mol. The van der Waals surface area contributed by atoms with Gasteiger partial charge in [0.25, 0.3) is 0 Å². The molecule has 0 unspecified atom stereocenters. The fourth-order valence-electron chi connectivity index (χ4n) is 1.86. The summed E-state index contributed by atoms with van der Waals surface area (Å²) in [7, 11) is 0. The molecule has 6 heteroatoms. The molecule has 0 radical (unpaired) electrons. The number of hydrogen-bond donors (Lipinski definition) is 0. The van der Waals surface area contributed by atoms with Crippen LogP contribution in [0.2, 0.25) is 0 Å². The number of rotatable bonds is 1. The predicted molar refractivity (Wildman–Crippen MR) is 64.7 cm³/mol. The summed E-state index contributed by atoms with van der Waals surface area (Å²) in [6, 6.07) is 4.89. The number of aromatic nitrogens is 2. The van der Waals surface area contributed by atoms with Gasteiger partial charge in [-0.25, -0.2) is 4.39 Å². The van der Waals surface area contributed by atoms with E-state index in [0.717, 1.165) is 33.3 Å². The summed E-state index contributed by atoms with van der Waals surface area (Å²) in [4.78, 5) is 2.00. The zero-order valence-electron chi connectivity index (χ0n) is 8.15. The lowest BCUT2D eigenvalue weighted by Gasteiger charge is -2.14. The molecule has 0 atom stereocenters. The average Bonchev–Trinajstić information content (AvgIpc) is 2.83. The zero-order valence-corrected chi connectivity index (χ0v) is 10.6. The second-order valence-corrected chi connectivity index (χ2v) is 5.74. The monoisotopic (exact) mass is 299 g/mol. The summed E-state index contributed by atoms with van der Waals surface area (Å²) in [5.41, 5.74) is 2.07. The lowest BCUT2D eigenvalue weighted by Crippen LogP contribution is -2.12. The van der Waals surface area contributed by atoms with Crippen LogP contribution in [0.25, 0.3) is 0 Å². The molecule has 1 aromatic carbocycles. The van der Waals surface area contributed by atoms with E-state index in [9.17, 15) is 4.39 Å². The molecule has 0 aliphatic carbocycles. The maximum atomic E-state index is 13.2. The Morgan fingerprint density at radius 3 is 3.00 bits per heavy atom. The van der Waals surface area contributed by atoms with Crippen LogP contribution in [0, 0.1) is 5.82 Å². The lowest BCUT2D eigenvalue weighted by molar-refractivity contribution is 0.628. The minimum atomic E-state index is -0.214. The van der Waals surface area contributed by atoms with Crippen molar-refractivity contribution < 1.29 is 4.39 Å². The highest BCUT2D eigenvalue weighted by Crippen LogP contribution is 2.37. The quantitative estimate of drug-likeness (QED) is 0.810. The van der Waals surface area contributed by atoms with Gasteiger partial charge < -0.3 is 4.90 Å². The number of hydrogen-bond acceptors (Lipinski definition) is 4. The molecule has 0 fully saturated rings. The minimum Gasteiger partial charge on any atom is -0.316 e. The molecular formula is C10H7BrFN3S. The van der Waals surface area contributed by atoms with Gasteiger partial charge in [0.05, 0.1) is 0 Å². The fraction of sp³-hybridized carbons (Fsp3) is 0.200. The summed E-state index contributed by atoms with van der Waals surface area (Å²) in [5, 5.41) is 8.76. The van der Waals surface area contributed by atoms with E-state index in [1.165, 1.54) is 17.4 Å². The second-order valence-electron chi connectivity index (χ2n) is 3.51. The van der Waals surface area contributed by atoms with Crippen LogP contribution in [0.5, 0.6) is 0 Å². The Hall–Kier alpha value is -1.01. The van der Waals surface area contributed by atoms with Crippen LogP contribution in [0.1, 0.15) is 5.56 Å². The van der Waals surface area contributed by atoms with Gasteiger partial charge in [-0.3, -0.25) is 0 Å². The predicted octanol–water partition coefficient (Wildman–Crippen LogP) is 3.13. The van der Waals surface area contributed by atoms with Crippen molar-refractivity contribution in [1.29, 1.82) is 0 Å². The molecule has 1 aromatic heterocycles. The van der Waals surface area contributed by atoms with Crippen molar-refractivity contribution in [2.24, 2.45) is 0 Å². The first-order valence-corrected chi connectivity index (χ1v) is 6.40. The molecule has 0 saturated heterocycles. The molecule has 16 heavy (non-hydrogen) atoms. The Morgan fingerprint density at radius 1 is 1.38 bits per heavy atom. The number of nitrogens with zero attached hydrogens (tertiary/aromatic N) is 3. The third-order valence-electron chi connectivity index (χ3n) is 2.56.